The number of hydrogen-bond acceptors (Lipinski definition) is 4. The van der Waals surface area contributed by atoms with Crippen molar-refractivity contribution in [1.29, 1.82) is 0 Å². The molecule has 0 saturated carbocycles. The van der Waals surface area contributed by atoms with Crippen molar-refractivity contribution >= 4 is 23.4 Å². The second kappa shape index (κ2) is 6.62. The highest BCUT2D eigenvalue weighted by Crippen LogP contribution is 2.29. The Morgan fingerprint density at radius 3 is 2.63 bits per heavy atom. The molecule has 0 aliphatic rings. The number of nitrogens with two attached hydrogens (primary N) is 1. The number of thioether (sulfide) groups is 1. The molecule has 1 aromatic rings. The lowest BCUT2D eigenvalue weighted by molar-refractivity contribution is -0.0327. The molecule has 0 spiro atoms. The molecular formula is C10H11F4N3OS. The summed E-state index contributed by atoms with van der Waals surface area (Å²) in [6.07, 6.45) is 0. The van der Waals surface area contributed by atoms with Crippen molar-refractivity contribution in [3.05, 3.63) is 29.6 Å². The van der Waals surface area contributed by atoms with E-state index in [1.165, 1.54) is 12.1 Å². The molecule has 0 fully saturated rings. The van der Waals surface area contributed by atoms with Crippen LogP contribution in [0.25, 0.3) is 0 Å². The lowest BCUT2D eigenvalue weighted by Gasteiger charge is -2.10. The minimum absolute atomic E-state index is 0.0699. The van der Waals surface area contributed by atoms with Gasteiger partial charge in [0.05, 0.1) is 11.3 Å². The van der Waals surface area contributed by atoms with Gasteiger partial charge in [-0.3, -0.25) is 10.6 Å². The SMILES string of the molecule is NNc1c(F)cccc1C(=O)NCCSC(F)(F)F. The van der Waals surface area contributed by atoms with Gasteiger partial charge in [0.1, 0.15) is 5.82 Å². The number of amides is 1. The molecule has 0 unspecified atom stereocenters. The molecule has 19 heavy (non-hydrogen) atoms. The van der Waals surface area contributed by atoms with E-state index in [-0.39, 0.29) is 35.3 Å². The summed E-state index contributed by atoms with van der Waals surface area (Å²) in [6.45, 7) is -0.191. The number of anilines is 1. The minimum Gasteiger partial charge on any atom is -0.351 e. The van der Waals surface area contributed by atoms with E-state index in [0.717, 1.165) is 6.07 Å². The minimum atomic E-state index is -4.34. The summed E-state index contributed by atoms with van der Waals surface area (Å²) in [5.41, 5.74) is -2.58. The first-order valence-electron chi connectivity index (χ1n) is 5.09. The Kier molecular flexibility index (Phi) is 5.43. The summed E-state index contributed by atoms with van der Waals surface area (Å²) in [7, 11) is 0. The molecule has 1 aromatic carbocycles. The quantitative estimate of drug-likeness (QED) is 0.337. The van der Waals surface area contributed by atoms with Crippen molar-refractivity contribution in [3.8, 4) is 0 Å². The zero-order valence-electron chi connectivity index (χ0n) is 9.55. The molecule has 0 aromatic heterocycles. The number of benzene rings is 1. The Morgan fingerprint density at radius 1 is 1.37 bits per heavy atom. The Bertz CT molecular complexity index is 453. The summed E-state index contributed by atoms with van der Waals surface area (Å²) in [5, 5.41) is 2.25. The predicted octanol–water partition coefficient (Wildman–Crippen LogP) is 2.09. The number of nitrogen functional groups attached to an aromatic ring is 1. The molecule has 4 nitrogen and oxygen atoms in total. The van der Waals surface area contributed by atoms with Gasteiger partial charge in [-0.25, -0.2) is 4.39 Å². The van der Waals surface area contributed by atoms with E-state index < -0.39 is 17.2 Å². The third-order valence-electron chi connectivity index (χ3n) is 2.06. The maximum absolute atomic E-state index is 13.3. The van der Waals surface area contributed by atoms with Crippen LogP contribution in [0.3, 0.4) is 0 Å². The van der Waals surface area contributed by atoms with Crippen LogP contribution in [0.1, 0.15) is 10.4 Å². The van der Waals surface area contributed by atoms with Gasteiger partial charge in [0.25, 0.3) is 5.91 Å². The van der Waals surface area contributed by atoms with Crippen LogP contribution in [0.15, 0.2) is 18.2 Å². The Hall–Kier alpha value is -1.48. The van der Waals surface area contributed by atoms with E-state index >= 15 is 0 Å². The number of hydrogen-bond donors (Lipinski definition) is 3. The second-order valence-electron chi connectivity index (χ2n) is 3.36. The summed E-state index contributed by atoms with van der Waals surface area (Å²) in [4.78, 5) is 11.6. The van der Waals surface area contributed by atoms with Crippen molar-refractivity contribution in [2.24, 2.45) is 5.84 Å². The third kappa shape index (κ3) is 4.95. The van der Waals surface area contributed by atoms with E-state index in [4.69, 9.17) is 5.84 Å². The maximum atomic E-state index is 13.3. The average Bonchev–Trinajstić information content (AvgIpc) is 2.33. The Morgan fingerprint density at radius 2 is 2.05 bits per heavy atom. The van der Waals surface area contributed by atoms with Crippen LogP contribution in [-0.4, -0.2) is 23.7 Å². The van der Waals surface area contributed by atoms with Gasteiger partial charge in [-0.15, -0.1) is 0 Å². The van der Waals surface area contributed by atoms with Crippen molar-refractivity contribution in [2.75, 3.05) is 17.7 Å². The number of halogens is 4. The molecule has 4 N–H and O–H groups in total. The van der Waals surface area contributed by atoms with Crippen LogP contribution in [0, 0.1) is 5.82 Å². The van der Waals surface area contributed by atoms with Crippen molar-refractivity contribution in [1.82, 2.24) is 5.32 Å². The third-order valence-corrected chi connectivity index (χ3v) is 2.79. The lowest BCUT2D eigenvalue weighted by atomic mass is 10.1. The summed E-state index contributed by atoms with van der Waals surface area (Å²) < 4.78 is 48.8. The number of carbonyl (C=O) groups is 1. The van der Waals surface area contributed by atoms with E-state index in [0.29, 0.717) is 0 Å². The zero-order chi connectivity index (χ0) is 14.5. The summed E-state index contributed by atoms with van der Waals surface area (Å²) >= 11 is -0.245. The van der Waals surface area contributed by atoms with Crippen LogP contribution in [0.4, 0.5) is 23.2 Å². The smallest absolute Gasteiger partial charge is 0.351 e. The molecule has 0 aliphatic heterocycles. The van der Waals surface area contributed by atoms with Gasteiger partial charge in [-0.2, -0.15) is 13.2 Å². The van der Waals surface area contributed by atoms with E-state index in [1.807, 2.05) is 5.43 Å². The molecule has 0 atom stereocenters. The summed E-state index contributed by atoms with van der Waals surface area (Å²) in [5.74, 6) is 3.33. The van der Waals surface area contributed by atoms with Crippen LogP contribution in [0.2, 0.25) is 0 Å². The van der Waals surface area contributed by atoms with Crippen LogP contribution in [-0.2, 0) is 0 Å². The Labute approximate surface area is 110 Å². The first-order chi connectivity index (χ1) is 8.85. The normalized spacial score (nSPS) is 11.2. The molecule has 0 bridgehead atoms. The molecule has 0 aliphatic carbocycles. The zero-order valence-corrected chi connectivity index (χ0v) is 10.4. The number of alkyl halides is 3. The molecular weight excluding hydrogens is 286 g/mol. The lowest BCUT2D eigenvalue weighted by Crippen LogP contribution is -2.28. The number of para-hydroxylation sites is 1. The largest absolute Gasteiger partial charge is 0.441 e. The Balaban J connectivity index is 2.57. The van der Waals surface area contributed by atoms with Gasteiger partial charge in [0.15, 0.2) is 0 Å². The fourth-order valence-electron chi connectivity index (χ4n) is 1.29. The maximum Gasteiger partial charge on any atom is 0.441 e. The van der Waals surface area contributed by atoms with Gasteiger partial charge >= 0.3 is 5.51 Å². The first kappa shape index (κ1) is 15.6. The molecule has 0 heterocycles. The van der Waals surface area contributed by atoms with Crippen LogP contribution < -0.4 is 16.6 Å². The molecule has 0 saturated heterocycles. The number of nitrogens with one attached hydrogen (secondary N) is 2. The monoisotopic (exact) mass is 297 g/mol. The van der Waals surface area contributed by atoms with Gasteiger partial charge in [0.2, 0.25) is 0 Å². The van der Waals surface area contributed by atoms with Gasteiger partial charge in [-0.05, 0) is 23.9 Å². The van der Waals surface area contributed by atoms with Crippen LogP contribution in [0.5, 0.6) is 0 Å². The molecule has 0 radical (unpaired) electrons. The standard InChI is InChI=1S/C10H11F4N3OS/c11-7-3-1-2-6(8(7)17-15)9(18)16-4-5-19-10(12,13)14/h1-3,17H,4-5,15H2,(H,16,18). The highest BCUT2D eigenvalue weighted by Gasteiger charge is 2.27. The second-order valence-corrected chi connectivity index (χ2v) is 4.52. The van der Waals surface area contributed by atoms with Crippen molar-refractivity contribution in [3.63, 3.8) is 0 Å². The topological polar surface area (TPSA) is 67.1 Å². The fraction of sp³-hybridized carbons (Fsp3) is 0.300. The van der Waals surface area contributed by atoms with Crippen LogP contribution >= 0.6 is 11.8 Å². The van der Waals surface area contributed by atoms with E-state index in [2.05, 4.69) is 5.32 Å². The van der Waals surface area contributed by atoms with E-state index in [9.17, 15) is 22.4 Å². The summed E-state index contributed by atoms with van der Waals surface area (Å²) in [6, 6.07) is 3.71. The van der Waals surface area contributed by atoms with Crippen molar-refractivity contribution < 1.29 is 22.4 Å². The molecule has 106 valence electrons. The molecule has 1 rings (SSSR count). The highest BCUT2D eigenvalue weighted by atomic mass is 32.2. The van der Waals surface area contributed by atoms with Gasteiger partial charge in [0, 0.05) is 12.3 Å². The fourth-order valence-corrected chi connectivity index (χ4v) is 1.72. The first-order valence-corrected chi connectivity index (χ1v) is 6.07. The van der Waals surface area contributed by atoms with Gasteiger partial charge in [-0.1, -0.05) is 6.07 Å². The number of rotatable bonds is 5. The van der Waals surface area contributed by atoms with Crippen molar-refractivity contribution in [2.45, 2.75) is 5.51 Å². The average molecular weight is 297 g/mol. The number of hydrazine groups is 1. The molecule has 9 heteroatoms. The van der Waals surface area contributed by atoms with E-state index in [1.54, 1.807) is 0 Å². The van der Waals surface area contributed by atoms with Gasteiger partial charge < -0.3 is 10.7 Å². The highest BCUT2D eigenvalue weighted by molar-refractivity contribution is 8.00. The predicted molar refractivity (Wildman–Crippen MR) is 65.1 cm³/mol. The number of carbonyl (C=O) groups excluding carboxylic acids is 1. The molecule has 1 amide bonds.